The Labute approximate surface area is 120 Å². The summed E-state index contributed by atoms with van der Waals surface area (Å²) in [5, 5.41) is 9.66. The molecule has 108 valence electrons. The molecule has 0 aliphatic heterocycles. The van der Waals surface area contributed by atoms with Crippen LogP contribution in [0.25, 0.3) is 0 Å². The highest BCUT2D eigenvalue weighted by Gasteiger charge is 2.24. The molecule has 1 aromatic heterocycles. The number of rotatable bonds is 6. The van der Waals surface area contributed by atoms with Crippen molar-refractivity contribution in [3.8, 4) is 0 Å². The van der Waals surface area contributed by atoms with Gasteiger partial charge in [0, 0.05) is 18.8 Å². The third-order valence-electron chi connectivity index (χ3n) is 2.36. The fourth-order valence-corrected chi connectivity index (χ4v) is 3.65. The molecular weight excluding hydrogens is 312 g/mol. The number of nitrogens with zero attached hydrogens (tertiary/aromatic N) is 2. The van der Waals surface area contributed by atoms with E-state index in [0.717, 1.165) is 11.3 Å². The fraction of sp³-hybridized carbons (Fsp3) is 0.667. The minimum Gasteiger partial charge on any atom is -0.301 e. The molecule has 1 rings (SSSR count). The Morgan fingerprint density at radius 2 is 2.05 bits per heavy atom. The summed E-state index contributed by atoms with van der Waals surface area (Å²) in [5.41, 5.74) is 0. The van der Waals surface area contributed by atoms with Gasteiger partial charge in [0.25, 0.3) is 10.0 Å². The first-order chi connectivity index (χ1) is 8.76. The fourth-order valence-electron chi connectivity index (χ4n) is 1.06. The van der Waals surface area contributed by atoms with Crippen LogP contribution in [-0.4, -0.2) is 36.4 Å². The summed E-state index contributed by atoms with van der Waals surface area (Å²) in [6.45, 7) is 4.86. The molecule has 0 aliphatic carbocycles. The van der Waals surface area contributed by atoms with E-state index in [4.69, 9.17) is 11.6 Å². The minimum atomic E-state index is -3.74. The second-order valence-electron chi connectivity index (χ2n) is 4.10. The SMILES string of the molecule is CC(=O)Nc1nnc(S(=O)(=O)NC(C)C(C)CCl)s1. The van der Waals surface area contributed by atoms with Gasteiger partial charge in [-0.05, 0) is 12.8 Å². The second-order valence-corrected chi connectivity index (χ2v) is 7.27. The largest absolute Gasteiger partial charge is 0.301 e. The molecule has 0 fully saturated rings. The van der Waals surface area contributed by atoms with Crippen molar-refractivity contribution in [1.82, 2.24) is 14.9 Å². The number of halogens is 1. The maximum atomic E-state index is 12.0. The predicted molar refractivity (Wildman–Crippen MR) is 73.9 cm³/mol. The molecule has 2 atom stereocenters. The molecule has 0 aromatic carbocycles. The molecule has 2 N–H and O–H groups in total. The minimum absolute atomic E-state index is 0.0146. The number of sulfonamides is 1. The zero-order valence-corrected chi connectivity index (χ0v) is 13.1. The highest BCUT2D eigenvalue weighted by Crippen LogP contribution is 2.20. The van der Waals surface area contributed by atoms with Crippen molar-refractivity contribution in [3.63, 3.8) is 0 Å². The van der Waals surface area contributed by atoms with Crippen molar-refractivity contribution in [2.75, 3.05) is 11.2 Å². The highest BCUT2D eigenvalue weighted by molar-refractivity contribution is 7.91. The third-order valence-corrected chi connectivity index (χ3v) is 5.61. The number of carbonyl (C=O) groups excluding carboxylic acids is 1. The molecule has 1 amide bonds. The first kappa shape index (κ1) is 16.3. The van der Waals surface area contributed by atoms with Crippen molar-refractivity contribution < 1.29 is 13.2 Å². The molecule has 0 spiro atoms. The van der Waals surface area contributed by atoms with Crippen molar-refractivity contribution in [2.24, 2.45) is 5.92 Å². The van der Waals surface area contributed by atoms with Crippen LogP contribution >= 0.6 is 22.9 Å². The van der Waals surface area contributed by atoms with Crippen molar-refractivity contribution in [2.45, 2.75) is 31.2 Å². The van der Waals surface area contributed by atoms with Gasteiger partial charge in [-0.3, -0.25) is 4.79 Å². The topological polar surface area (TPSA) is 101 Å². The van der Waals surface area contributed by atoms with Crippen LogP contribution in [0.2, 0.25) is 0 Å². The quantitative estimate of drug-likeness (QED) is 0.601. The van der Waals surface area contributed by atoms with Gasteiger partial charge in [-0.2, -0.15) is 0 Å². The van der Waals surface area contributed by atoms with Crippen molar-refractivity contribution in [3.05, 3.63) is 0 Å². The van der Waals surface area contributed by atoms with Crippen LogP contribution in [0.5, 0.6) is 0 Å². The first-order valence-corrected chi connectivity index (χ1v) is 8.29. The smallest absolute Gasteiger partial charge is 0.270 e. The lowest BCUT2D eigenvalue weighted by Gasteiger charge is -2.17. The molecule has 1 aromatic rings. The number of hydrogen-bond acceptors (Lipinski definition) is 6. The Morgan fingerprint density at radius 3 is 2.58 bits per heavy atom. The summed E-state index contributed by atoms with van der Waals surface area (Å²) in [5.74, 6) is -0.00639. The van der Waals surface area contributed by atoms with E-state index in [1.807, 2.05) is 6.92 Å². The van der Waals surface area contributed by atoms with E-state index in [2.05, 4.69) is 20.2 Å². The average molecular weight is 327 g/mol. The zero-order valence-electron chi connectivity index (χ0n) is 10.7. The van der Waals surface area contributed by atoms with Gasteiger partial charge in [-0.25, -0.2) is 13.1 Å². The Morgan fingerprint density at radius 1 is 1.42 bits per heavy atom. The standard InChI is InChI=1S/C9H15ClN4O3S2/c1-5(4-10)6(2)14-19(16,17)9-13-12-8(18-9)11-7(3)15/h5-6,14H,4H2,1-3H3,(H,11,12,15). The lowest BCUT2D eigenvalue weighted by Crippen LogP contribution is -2.37. The maximum absolute atomic E-state index is 12.0. The summed E-state index contributed by atoms with van der Waals surface area (Å²) in [4.78, 5) is 10.8. The van der Waals surface area contributed by atoms with E-state index < -0.39 is 10.0 Å². The number of amides is 1. The monoisotopic (exact) mass is 326 g/mol. The van der Waals surface area contributed by atoms with E-state index >= 15 is 0 Å². The van der Waals surface area contributed by atoms with Gasteiger partial charge < -0.3 is 5.32 Å². The number of nitrogens with one attached hydrogen (secondary N) is 2. The van der Waals surface area contributed by atoms with Gasteiger partial charge in [0.05, 0.1) is 0 Å². The van der Waals surface area contributed by atoms with Gasteiger partial charge in [0.2, 0.25) is 15.4 Å². The molecule has 0 saturated carbocycles. The summed E-state index contributed by atoms with van der Waals surface area (Å²) in [6, 6.07) is -0.324. The van der Waals surface area contributed by atoms with E-state index in [9.17, 15) is 13.2 Å². The molecule has 0 saturated heterocycles. The van der Waals surface area contributed by atoms with Crippen LogP contribution < -0.4 is 10.0 Å². The molecule has 0 radical (unpaired) electrons. The van der Waals surface area contributed by atoms with Crippen LogP contribution in [0, 0.1) is 5.92 Å². The molecule has 0 bridgehead atoms. The Balaban J connectivity index is 2.83. The van der Waals surface area contributed by atoms with Crippen LogP contribution in [-0.2, 0) is 14.8 Å². The first-order valence-electron chi connectivity index (χ1n) is 5.45. The Hall–Kier alpha value is -0.770. The third kappa shape index (κ3) is 4.68. The molecule has 0 aliphatic rings. The number of anilines is 1. The van der Waals surface area contributed by atoms with E-state index in [0.29, 0.717) is 5.88 Å². The molecule has 1 heterocycles. The molecule has 19 heavy (non-hydrogen) atoms. The van der Waals surface area contributed by atoms with Crippen LogP contribution in [0.1, 0.15) is 20.8 Å². The summed E-state index contributed by atoms with van der Waals surface area (Å²) in [6.07, 6.45) is 0. The zero-order chi connectivity index (χ0) is 14.6. The normalized spacial score (nSPS) is 14.9. The van der Waals surface area contributed by atoms with Crippen LogP contribution in [0.4, 0.5) is 5.13 Å². The van der Waals surface area contributed by atoms with Gasteiger partial charge >= 0.3 is 0 Å². The van der Waals surface area contributed by atoms with Gasteiger partial charge in [0.15, 0.2) is 0 Å². The van der Waals surface area contributed by atoms with E-state index in [1.54, 1.807) is 6.92 Å². The summed E-state index contributed by atoms with van der Waals surface area (Å²) < 4.78 is 26.3. The van der Waals surface area contributed by atoms with Gasteiger partial charge in [-0.15, -0.1) is 21.8 Å². The molecule has 7 nitrogen and oxygen atoms in total. The molecule has 2 unspecified atom stereocenters. The lowest BCUT2D eigenvalue weighted by molar-refractivity contribution is -0.114. The average Bonchev–Trinajstić information content (AvgIpc) is 2.75. The van der Waals surface area contributed by atoms with Crippen LogP contribution in [0.15, 0.2) is 4.34 Å². The number of hydrogen-bond donors (Lipinski definition) is 2. The van der Waals surface area contributed by atoms with E-state index in [-0.39, 0.29) is 27.3 Å². The second kappa shape index (κ2) is 6.60. The number of aromatic nitrogens is 2. The summed E-state index contributed by atoms with van der Waals surface area (Å²) >= 11 is 6.47. The maximum Gasteiger partial charge on any atom is 0.270 e. The van der Waals surface area contributed by atoms with Gasteiger partial charge in [0.1, 0.15) is 0 Å². The number of alkyl halides is 1. The van der Waals surface area contributed by atoms with Crippen molar-refractivity contribution in [1.29, 1.82) is 0 Å². The summed E-state index contributed by atoms with van der Waals surface area (Å²) in [7, 11) is -3.74. The Kier molecular flexibility index (Phi) is 5.65. The highest BCUT2D eigenvalue weighted by atomic mass is 35.5. The van der Waals surface area contributed by atoms with Crippen LogP contribution in [0.3, 0.4) is 0 Å². The Bertz CT molecular complexity index is 545. The predicted octanol–water partition coefficient (Wildman–Crippen LogP) is 1.04. The van der Waals surface area contributed by atoms with E-state index in [1.165, 1.54) is 6.92 Å². The molecule has 10 heteroatoms. The van der Waals surface area contributed by atoms with Gasteiger partial charge in [-0.1, -0.05) is 18.3 Å². The molecular formula is C9H15ClN4O3S2. The van der Waals surface area contributed by atoms with Crippen molar-refractivity contribution >= 4 is 44.0 Å². The number of carbonyl (C=O) groups is 1. The lowest BCUT2D eigenvalue weighted by atomic mass is 10.1.